The van der Waals surface area contributed by atoms with Crippen LogP contribution in [0.2, 0.25) is 0 Å². The Labute approximate surface area is 161 Å². The van der Waals surface area contributed by atoms with E-state index in [1.807, 2.05) is 0 Å². The van der Waals surface area contributed by atoms with E-state index in [1.165, 1.54) is 0 Å². The van der Waals surface area contributed by atoms with Gasteiger partial charge in [0.15, 0.2) is 4.77 Å². The van der Waals surface area contributed by atoms with Crippen molar-refractivity contribution in [1.29, 1.82) is 5.26 Å². The zero-order valence-corrected chi connectivity index (χ0v) is 16.2. The van der Waals surface area contributed by atoms with Gasteiger partial charge in [0.05, 0.1) is 23.2 Å². The predicted octanol–water partition coefficient (Wildman–Crippen LogP) is 2.33. The zero-order valence-electron chi connectivity index (χ0n) is 14.6. The first kappa shape index (κ1) is 21.6. The molecule has 0 unspecified atom stereocenters. The fourth-order valence-corrected chi connectivity index (χ4v) is 3.17. The van der Waals surface area contributed by atoms with E-state index in [0.29, 0.717) is 19.5 Å². The Morgan fingerprint density at radius 1 is 1.25 bits per heavy atom. The Hall–Kier alpha value is -2.72. The van der Waals surface area contributed by atoms with Crippen LogP contribution >= 0.6 is 12.2 Å². The van der Waals surface area contributed by atoms with Crippen LogP contribution in [-0.2, 0) is 23.2 Å². The Morgan fingerprint density at radius 2 is 1.82 bits per heavy atom. The Balaban J connectivity index is 2.92. The van der Waals surface area contributed by atoms with Gasteiger partial charge in [-0.2, -0.15) is 18.4 Å². The van der Waals surface area contributed by atoms with Crippen molar-refractivity contribution >= 4 is 27.9 Å². The third-order valence-corrected chi connectivity index (χ3v) is 5.52. The number of aromatic nitrogens is 2. The number of nitrogens with zero attached hydrogens (tertiary/aromatic N) is 4. The highest BCUT2D eigenvalue weighted by Crippen LogP contribution is 2.30. The number of anilines is 1. The highest BCUT2D eigenvalue weighted by atomic mass is 32.2. The van der Waals surface area contributed by atoms with Crippen LogP contribution in [-0.4, -0.2) is 30.9 Å². The maximum absolute atomic E-state index is 14.5. The van der Waals surface area contributed by atoms with E-state index < -0.39 is 43.7 Å². The van der Waals surface area contributed by atoms with Crippen LogP contribution in [0.5, 0.6) is 0 Å². The van der Waals surface area contributed by atoms with Crippen molar-refractivity contribution in [3.63, 3.8) is 0 Å². The van der Waals surface area contributed by atoms with Gasteiger partial charge in [0, 0.05) is 20.2 Å². The molecule has 0 atom stereocenters. The van der Waals surface area contributed by atoms with Crippen molar-refractivity contribution in [2.75, 3.05) is 17.6 Å². The van der Waals surface area contributed by atoms with Crippen LogP contribution < -0.4 is 9.86 Å². The lowest BCUT2D eigenvalue weighted by Gasteiger charge is -2.20. The van der Waals surface area contributed by atoms with Crippen molar-refractivity contribution in [2.24, 2.45) is 7.05 Å². The van der Waals surface area contributed by atoms with E-state index in [2.05, 4.69) is 0 Å². The van der Waals surface area contributed by atoms with Crippen LogP contribution in [0.25, 0.3) is 5.69 Å². The molecular weight excluding hydrogens is 424 g/mol. The molecule has 7 nitrogen and oxygen atoms in total. The van der Waals surface area contributed by atoms with E-state index in [1.54, 1.807) is 6.07 Å². The van der Waals surface area contributed by atoms with E-state index >= 15 is 0 Å². The standard InChI is InChI=1S/C15H12F4N4O3S2/c1-21-12(15(17,18)19)6-13(24)23(14(21)27)11-5-10(22(2)28(3,25)26)8(7-20)4-9(11)16/h4-6H,1-3H3. The van der Waals surface area contributed by atoms with Crippen LogP contribution in [0.15, 0.2) is 23.0 Å². The first-order valence-electron chi connectivity index (χ1n) is 7.28. The molecule has 0 fully saturated rings. The van der Waals surface area contributed by atoms with Crippen LogP contribution in [0.1, 0.15) is 11.3 Å². The van der Waals surface area contributed by atoms with E-state index in [0.717, 1.165) is 26.4 Å². The molecule has 0 aliphatic rings. The molecule has 150 valence electrons. The van der Waals surface area contributed by atoms with Gasteiger partial charge in [-0.05, 0) is 24.4 Å². The van der Waals surface area contributed by atoms with Gasteiger partial charge in [-0.3, -0.25) is 13.7 Å². The van der Waals surface area contributed by atoms with Gasteiger partial charge in [0.1, 0.15) is 17.6 Å². The molecule has 0 saturated carbocycles. The highest BCUT2D eigenvalue weighted by molar-refractivity contribution is 7.92. The molecule has 0 aliphatic carbocycles. The quantitative estimate of drug-likeness (QED) is 0.544. The molecule has 0 N–H and O–H groups in total. The number of rotatable bonds is 3. The predicted molar refractivity (Wildman–Crippen MR) is 94.8 cm³/mol. The van der Waals surface area contributed by atoms with Gasteiger partial charge in [0.2, 0.25) is 10.0 Å². The second-order valence-electron chi connectivity index (χ2n) is 5.71. The largest absolute Gasteiger partial charge is 0.431 e. The first-order valence-corrected chi connectivity index (χ1v) is 9.54. The number of hydrogen-bond donors (Lipinski definition) is 0. The summed E-state index contributed by atoms with van der Waals surface area (Å²) in [6, 6.07) is 3.40. The average Bonchev–Trinajstić information content (AvgIpc) is 2.56. The van der Waals surface area contributed by atoms with Gasteiger partial charge in [0.25, 0.3) is 5.56 Å². The maximum atomic E-state index is 14.5. The number of alkyl halides is 3. The van der Waals surface area contributed by atoms with Crippen molar-refractivity contribution in [3.05, 3.63) is 50.4 Å². The maximum Gasteiger partial charge on any atom is 0.431 e. The van der Waals surface area contributed by atoms with Crippen molar-refractivity contribution in [2.45, 2.75) is 6.18 Å². The van der Waals surface area contributed by atoms with E-state index in [9.17, 15) is 30.8 Å². The Kier molecular flexibility index (Phi) is 5.41. The van der Waals surface area contributed by atoms with Crippen LogP contribution in [0.3, 0.4) is 0 Å². The Bertz CT molecular complexity index is 1220. The molecule has 1 aromatic heterocycles. The van der Waals surface area contributed by atoms with Gasteiger partial charge in [-0.15, -0.1) is 0 Å². The molecule has 0 spiro atoms. The van der Waals surface area contributed by atoms with Crippen molar-refractivity contribution in [1.82, 2.24) is 9.13 Å². The molecule has 1 heterocycles. The molecule has 0 radical (unpaired) electrons. The molecule has 13 heteroatoms. The van der Waals surface area contributed by atoms with Crippen molar-refractivity contribution in [3.8, 4) is 11.8 Å². The molecule has 1 aromatic carbocycles. The van der Waals surface area contributed by atoms with Crippen LogP contribution in [0, 0.1) is 21.9 Å². The third-order valence-electron chi connectivity index (χ3n) is 3.87. The average molecular weight is 436 g/mol. The number of benzene rings is 1. The third kappa shape index (κ3) is 3.78. The topological polar surface area (TPSA) is 88.1 Å². The lowest BCUT2D eigenvalue weighted by molar-refractivity contribution is -0.143. The van der Waals surface area contributed by atoms with Gasteiger partial charge >= 0.3 is 6.18 Å². The summed E-state index contributed by atoms with van der Waals surface area (Å²) in [5, 5.41) is 9.14. The lowest BCUT2D eigenvalue weighted by Crippen LogP contribution is -2.29. The number of sulfonamides is 1. The molecule has 0 saturated heterocycles. The lowest BCUT2D eigenvalue weighted by atomic mass is 10.1. The fourth-order valence-electron chi connectivity index (χ4n) is 2.37. The number of halogens is 4. The van der Waals surface area contributed by atoms with Gasteiger partial charge in [-0.25, -0.2) is 12.8 Å². The number of hydrogen-bond acceptors (Lipinski definition) is 5. The van der Waals surface area contributed by atoms with Gasteiger partial charge < -0.3 is 4.57 Å². The summed E-state index contributed by atoms with van der Waals surface area (Å²) < 4.78 is 78.1. The van der Waals surface area contributed by atoms with E-state index in [-0.39, 0.29) is 17.3 Å². The summed E-state index contributed by atoms with van der Waals surface area (Å²) in [5.41, 5.74) is -3.83. The van der Waals surface area contributed by atoms with E-state index in [4.69, 9.17) is 17.5 Å². The monoisotopic (exact) mass is 436 g/mol. The van der Waals surface area contributed by atoms with Crippen molar-refractivity contribution < 1.29 is 26.0 Å². The Morgan fingerprint density at radius 3 is 2.29 bits per heavy atom. The number of nitriles is 1. The molecule has 0 aliphatic heterocycles. The smallest absolute Gasteiger partial charge is 0.317 e. The highest BCUT2D eigenvalue weighted by Gasteiger charge is 2.34. The molecule has 0 bridgehead atoms. The minimum Gasteiger partial charge on any atom is -0.317 e. The summed E-state index contributed by atoms with van der Waals surface area (Å²) in [6.07, 6.45) is -4.04. The first-order chi connectivity index (χ1) is 12.7. The summed E-state index contributed by atoms with van der Waals surface area (Å²) in [6.45, 7) is 0. The molecule has 2 rings (SSSR count). The second kappa shape index (κ2) is 7.02. The minimum absolute atomic E-state index is 0.243. The summed E-state index contributed by atoms with van der Waals surface area (Å²) in [7, 11) is -1.82. The SMILES string of the molecule is CN(c1cc(-n2c(=O)cc(C(F)(F)F)n(C)c2=S)c(F)cc1C#N)S(C)(=O)=O. The summed E-state index contributed by atoms with van der Waals surface area (Å²) in [4.78, 5) is 12.3. The molecular formula is C15H12F4N4O3S2. The molecule has 2 aromatic rings. The molecule has 0 amide bonds. The normalized spacial score (nSPS) is 11.9. The zero-order chi connectivity index (χ0) is 21.6. The summed E-state index contributed by atoms with van der Waals surface area (Å²) in [5.74, 6) is -1.14. The van der Waals surface area contributed by atoms with Gasteiger partial charge in [-0.1, -0.05) is 0 Å². The fraction of sp³-hybridized carbons (Fsp3) is 0.267. The minimum atomic E-state index is -4.87. The molecule has 28 heavy (non-hydrogen) atoms. The summed E-state index contributed by atoms with van der Waals surface area (Å²) >= 11 is 4.88. The van der Waals surface area contributed by atoms with Crippen LogP contribution in [0.4, 0.5) is 23.2 Å². The second-order valence-corrected chi connectivity index (χ2v) is 8.08.